The number of rotatable bonds is 8. The summed E-state index contributed by atoms with van der Waals surface area (Å²) in [4.78, 5) is 11.0. The van der Waals surface area contributed by atoms with Gasteiger partial charge in [0.05, 0.1) is 13.3 Å². The molecule has 2 rings (SSSR count). The lowest BCUT2D eigenvalue weighted by atomic mass is 9.77. The number of carbonyl (C=O) groups is 1. The largest absolute Gasteiger partial charge is 0.493 e. The first-order valence-electron chi connectivity index (χ1n) is 11.5. The zero-order valence-electron chi connectivity index (χ0n) is 20.8. The van der Waals surface area contributed by atoms with Gasteiger partial charge in [-0.05, 0) is 65.4 Å². The molecule has 176 valence electrons. The lowest BCUT2D eigenvalue weighted by Gasteiger charge is -2.30. The molecule has 1 aromatic carbocycles. The number of benzene rings is 1. The number of hydrogen-bond donors (Lipinski definition) is 1. The van der Waals surface area contributed by atoms with Crippen molar-refractivity contribution < 1.29 is 19.0 Å². The van der Waals surface area contributed by atoms with Gasteiger partial charge in [0.25, 0.3) is 0 Å². The van der Waals surface area contributed by atoms with Gasteiger partial charge < -0.3 is 9.84 Å². The van der Waals surface area contributed by atoms with Gasteiger partial charge in [-0.1, -0.05) is 59.8 Å². The van der Waals surface area contributed by atoms with Gasteiger partial charge in [0.2, 0.25) is 0 Å². The summed E-state index contributed by atoms with van der Waals surface area (Å²) in [7, 11) is 0. The number of halogens is 1. The van der Waals surface area contributed by atoms with Crippen LogP contribution in [0, 0.1) is 0 Å². The highest BCUT2D eigenvalue weighted by molar-refractivity contribution is 5.81. The second-order valence-corrected chi connectivity index (χ2v) is 10.7. The molecular formula is C28H39FO3. The van der Waals surface area contributed by atoms with Crippen molar-refractivity contribution in [2.75, 3.05) is 13.3 Å². The Morgan fingerprint density at radius 2 is 1.81 bits per heavy atom. The molecular weight excluding hydrogens is 403 g/mol. The first-order chi connectivity index (χ1) is 14.8. The molecule has 1 N–H and O–H groups in total. The maximum Gasteiger partial charge on any atom is 0.328 e. The van der Waals surface area contributed by atoms with Crippen molar-refractivity contribution in [2.45, 2.75) is 85.0 Å². The zero-order valence-corrected chi connectivity index (χ0v) is 20.8. The van der Waals surface area contributed by atoms with E-state index in [4.69, 9.17) is 9.84 Å². The predicted octanol–water partition coefficient (Wildman–Crippen LogP) is 7.54. The number of aliphatic carboxylic acids is 1. The number of allylic oxidation sites excluding steroid dienone is 5. The first kappa shape index (κ1) is 25.9. The molecule has 1 aliphatic carbocycles. The second-order valence-electron chi connectivity index (χ2n) is 10.7. The van der Waals surface area contributed by atoms with E-state index in [1.807, 2.05) is 12.2 Å². The van der Waals surface area contributed by atoms with E-state index in [0.717, 1.165) is 36.1 Å². The van der Waals surface area contributed by atoms with Gasteiger partial charge in [0.15, 0.2) is 0 Å². The molecule has 0 bridgehead atoms. The lowest BCUT2D eigenvalue weighted by molar-refractivity contribution is -0.131. The first-order valence-corrected chi connectivity index (χ1v) is 11.5. The van der Waals surface area contributed by atoms with Gasteiger partial charge in [0.1, 0.15) is 5.75 Å². The Kier molecular flexibility index (Phi) is 8.50. The van der Waals surface area contributed by atoms with E-state index in [1.54, 1.807) is 6.92 Å². The maximum absolute atomic E-state index is 12.8. The number of alkyl halides is 1. The third-order valence-corrected chi connectivity index (χ3v) is 5.77. The third-order valence-electron chi connectivity index (χ3n) is 5.77. The minimum absolute atomic E-state index is 0.0256. The van der Waals surface area contributed by atoms with E-state index in [0.29, 0.717) is 18.6 Å². The van der Waals surface area contributed by atoms with Crippen molar-refractivity contribution >= 4 is 11.5 Å². The summed E-state index contributed by atoms with van der Waals surface area (Å²) in [5.74, 6) is -0.0800. The van der Waals surface area contributed by atoms with Crippen LogP contribution in [-0.4, -0.2) is 24.4 Å². The average Bonchev–Trinajstić information content (AvgIpc) is 3.12. The number of ether oxygens (including phenoxy) is 1. The summed E-state index contributed by atoms with van der Waals surface area (Å²) in [5, 5.41) is 8.99. The summed E-state index contributed by atoms with van der Waals surface area (Å²) >= 11 is 0. The molecule has 0 saturated heterocycles. The SMILES string of the molecule is CC(/C=C/C1=C(c2cc(C(C)(C)C)cc(C(C)(C)C)c2OCCCF)CCC1)=C\C(=O)O. The molecule has 0 amide bonds. The number of hydrogen-bond acceptors (Lipinski definition) is 2. The van der Waals surface area contributed by atoms with Crippen LogP contribution in [0.4, 0.5) is 4.39 Å². The van der Waals surface area contributed by atoms with Gasteiger partial charge in [-0.3, -0.25) is 4.39 Å². The monoisotopic (exact) mass is 442 g/mol. The normalized spacial score (nSPS) is 15.7. The Balaban J connectivity index is 2.72. The van der Waals surface area contributed by atoms with E-state index in [-0.39, 0.29) is 10.8 Å². The highest BCUT2D eigenvalue weighted by Crippen LogP contribution is 2.45. The van der Waals surface area contributed by atoms with Crippen molar-refractivity contribution in [1.82, 2.24) is 0 Å². The Hall–Kier alpha value is -2.36. The Morgan fingerprint density at radius 1 is 1.12 bits per heavy atom. The van der Waals surface area contributed by atoms with Crippen LogP contribution in [0.2, 0.25) is 0 Å². The average molecular weight is 443 g/mol. The molecule has 1 aromatic rings. The summed E-state index contributed by atoms with van der Waals surface area (Å²) < 4.78 is 19.1. The molecule has 4 heteroatoms. The molecule has 1 aliphatic rings. The minimum atomic E-state index is -0.941. The van der Waals surface area contributed by atoms with Gasteiger partial charge in [-0.25, -0.2) is 4.79 Å². The molecule has 0 saturated carbocycles. The van der Waals surface area contributed by atoms with Gasteiger partial charge in [0, 0.05) is 23.6 Å². The van der Waals surface area contributed by atoms with Gasteiger partial charge in [-0.2, -0.15) is 0 Å². The lowest BCUT2D eigenvalue weighted by Crippen LogP contribution is -2.19. The Labute approximate surface area is 193 Å². The molecule has 0 atom stereocenters. The Bertz CT molecular complexity index is 921. The molecule has 0 heterocycles. The summed E-state index contributed by atoms with van der Waals surface area (Å²) in [6.45, 7) is 14.9. The van der Waals surface area contributed by atoms with Gasteiger partial charge >= 0.3 is 5.97 Å². The standard InChI is InChI=1S/C28H39FO3/c1-19(16-25(30)31)12-13-20-10-8-11-22(20)23-17-21(27(2,3)4)18-24(28(5,6)7)26(23)32-15-9-14-29/h12-13,16-18H,8-11,14-15H2,1-7H3,(H,30,31)/b13-12+,19-16+. The smallest absolute Gasteiger partial charge is 0.328 e. The van der Waals surface area contributed by atoms with Gasteiger partial charge in [-0.15, -0.1) is 0 Å². The summed E-state index contributed by atoms with van der Waals surface area (Å²) in [6, 6.07) is 4.49. The van der Waals surface area contributed by atoms with Crippen LogP contribution in [0.3, 0.4) is 0 Å². The van der Waals surface area contributed by atoms with Crippen LogP contribution < -0.4 is 4.74 Å². The fourth-order valence-corrected chi connectivity index (χ4v) is 3.96. The molecule has 0 spiro atoms. The molecule has 0 aromatic heterocycles. The zero-order chi connectivity index (χ0) is 24.1. The van der Waals surface area contributed by atoms with Crippen molar-refractivity contribution in [3.05, 3.63) is 58.2 Å². The minimum Gasteiger partial charge on any atom is -0.493 e. The van der Waals surface area contributed by atoms with E-state index < -0.39 is 12.6 Å². The van der Waals surface area contributed by atoms with Crippen molar-refractivity contribution in [1.29, 1.82) is 0 Å². The highest BCUT2D eigenvalue weighted by atomic mass is 19.1. The summed E-state index contributed by atoms with van der Waals surface area (Å²) in [5.41, 5.74) is 6.50. The van der Waals surface area contributed by atoms with Crippen LogP contribution in [0.5, 0.6) is 5.75 Å². The predicted molar refractivity (Wildman–Crippen MR) is 131 cm³/mol. The van der Waals surface area contributed by atoms with E-state index in [2.05, 4.69) is 53.7 Å². The number of carboxylic acids is 1. The van der Waals surface area contributed by atoms with Crippen LogP contribution in [0.1, 0.15) is 90.8 Å². The van der Waals surface area contributed by atoms with E-state index in [1.165, 1.54) is 22.8 Å². The Morgan fingerprint density at radius 3 is 2.38 bits per heavy atom. The molecule has 0 fully saturated rings. The molecule has 32 heavy (non-hydrogen) atoms. The quantitative estimate of drug-likeness (QED) is 0.257. The molecule has 0 unspecified atom stereocenters. The second kappa shape index (κ2) is 10.5. The number of carboxylic acid groups (broad SMARTS) is 1. The van der Waals surface area contributed by atoms with Crippen molar-refractivity contribution in [3.63, 3.8) is 0 Å². The van der Waals surface area contributed by atoms with Crippen molar-refractivity contribution in [3.8, 4) is 5.75 Å². The van der Waals surface area contributed by atoms with Crippen molar-refractivity contribution in [2.24, 2.45) is 0 Å². The molecule has 0 radical (unpaired) electrons. The van der Waals surface area contributed by atoms with Crippen LogP contribution in [-0.2, 0) is 15.6 Å². The van der Waals surface area contributed by atoms with E-state index >= 15 is 0 Å². The molecule has 3 nitrogen and oxygen atoms in total. The third kappa shape index (κ3) is 6.82. The van der Waals surface area contributed by atoms with Crippen LogP contribution in [0.15, 0.2) is 41.5 Å². The highest BCUT2D eigenvalue weighted by Gasteiger charge is 2.28. The fourth-order valence-electron chi connectivity index (χ4n) is 3.96. The topological polar surface area (TPSA) is 46.5 Å². The van der Waals surface area contributed by atoms with Crippen LogP contribution >= 0.6 is 0 Å². The van der Waals surface area contributed by atoms with E-state index in [9.17, 15) is 9.18 Å². The fraction of sp³-hybridized carbons (Fsp3) is 0.536. The summed E-state index contributed by atoms with van der Waals surface area (Å²) in [6.07, 6.45) is 8.44. The van der Waals surface area contributed by atoms with Crippen LogP contribution in [0.25, 0.3) is 5.57 Å². The maximum atomic E-state index is 12.8. The molecule has 0 aliphatic heterocycles.